The summed E-state index contributed by atoms with van der Waals surface area (Å²) in [5, 5.41) is 0. The van der Waals surface area contributed by atoms with E-state index in [0.717, 1.165) is 12.2 Å². The molecular formula is C11H12O2. The summed E-state index contributed by atoms with van der Waals surface area (Å²) in [6, 6.07) is 8.15. The smallest absolute Gasteiger partial charge is 0.132 e. The second-order valence-electron chi connectivity index (χ2n) is 4.09. The summed E-state index contributed by atoms with van der Waals surface area (Å²) in [7, 11) is 0. The van der Waals surface area contributed by atoms with E-state index in [1.807, 2.05) is 18.2 Å². The first-order valence-corrected chi connectivity index (χ1v) is 4.66. The number of hydrogen-bond donors (Lipinski definition) is 0. The number of hydrogen-bond acceptors (Lipinski definition) is 2. The number of fused-ring (bicyclic) bond motifs is 4. The molecule has 2 heteroatoms. The van der Waals surface area contributed by atoms with Gasteiger partial charge in [0.25, 0.3) is 0 Å². The monoisotopic (exact) mass is 176 g/mol. The molecule has 0 spiro atoms. The molecule has 2 bridgehead atoms. The normalized spacial score (nSPS) is 35.3. The van der Waals surface area contributed by atoms with Crippen molar-refractivity contribution in [1.29, 1.82) is 0 Å². The predicted molar refractivity (Wildman–Crippen MR) is 48.8 cm³/mol. The number of rotatable bonds is 0. The lowest BCUT2D eigenvalue weighted by molar-refractivity contribution is 0.0695. The number of para-hydroxylation sites is 1. The Kier molecular flexibility index (Phi) is 1.29. The Hall–Kier alpha value is -1.02. The molecule has 0 saturated carbocycles. The van der Waals surface area contributed by atoms with E-state index >= 15 is 0 Å². The van der Waals surface area contributed by atoms with Crippen LogP contribution in [0.2, 0.25) is 0 Å². The zero-order valence-electron chi connectivity index (χ0n) is 7.62. The third-order valence-electron chi connectivity index (χ3n) is 2.83. The van der Waals surface area contributed by atoms with Gasteiger partial charge in [0.2, 0.25) is 0 Å². The van der Waals surface area contributed by atoms with E-state index in [9.17, 15) is 0 Å². The van der Waals surface area contributed by atoms with Gasteiger partial charge < -0.3 is 9.47 Å². The molecule has 2 atom stereocenters. The summed E-state index contributed by atoms with van der Waals surface area (Å²) in [6.07, 6.45) is 1.25. The Morgan fingerprint density at radius 2 is 2.23 bits per heavy atom. The lowest BCUT2D eigenvalue weighted by Gasteiger charge is -2.29. The van der Waals surface area contributed by atoms with E-state index < -0.39 is 0 Å². The highest BCUT2D eigenvalue weighted by molar-refractivity contribution is 5.39. The van der Waals surface area contributed by atoms with E-state index in [4.69, 9.17) is 9.47 Å². The summed E-state index contributed by atoms with van der Waals surface area (Å²) in [5.41, 5.74) is 1.12. The van der Waals surface area contributed by atoms with Crippen LogP contribution in [0.5, 0.6) is 5.75 Å². The van der Waals surface area contributed by atoms with Crippen LogP contribution in [0.3, 0.4) is 0 Å². The van der Waals surface area contributed by atoms with Crippen molar-refractivity contribution >= 4 is 0 Å². The summed E-state index contributed by atoms with van der Waals surface area (Å²) < 4.78 is 11.6. The summed E-state index contributed by atoms with van der Waals surface area (Å²) >= 11 is 0. The standard InChI is InChI=1S/C11H12O2/c1-11-6-10(12-7-11)8-4-2-3-5-9(8)13-11/h2-5,10H,6-7H2,1H3. The molecule has 68 valence electrons. The molecule has 0 amide bonds. The SMILES string of the molecule is CC12COC(C1)c1ccccc1O2. The highest BCUT2D eigenvalue weighted by Gasteiger charge is 2.44. The molecule has 2 nitrogen and oxygen atoms in total. The number of ether oxygens (including phenoxy) is 2. The van der Waals surface area contributed by atoms with Crippen LogP contribution in [0.25, 0.3) is 0 Å². The van der Waals surface area contributed by atoms with Gasteiger partial charge in [0, 0.05) is 12.0 Å². The first-order valence-electron chi connectivity index (χ1n) is 4.66. The molecule has 13 heavy (non-hydrogen) atoms. The Balaban J connectivity index is 2.13. The van der Waals surface area contributed by atoms with Gasteiger partial charge in [-0.25, -0.2) is 0 Å². The Morgan fingerprint density at radius 1 is 1.38 bits per heavy atom. The van der Waals surface area contributed by atoms with Crippen LogP contribution in [0.15, 0.2) is 24.3 Å². The summed E-state index contributed by atoms with van der Waals surface area (Å²) in [4.78, 5) is 0. The predicted octanol–water partition coefficient (Wildman–Crippen LogP) is 2.30. The van der Waals surface area contributed by atoms with Crippen LogP contribution >= 0.6 is 0 Å². The van der Waals surface area contributed by atoms with E-state index in [2.05, 4.69) is 13.0 Å². The van der Waals surface area contributed by atoms with Crippen LogP contribution in [0, 0.1) is 0 Å². The minimum absolute atomic E-state index is 0.0843. The minimum Gasteiger partial charge on any atom is -0.485 e. The van der Waals surface area contributed by atoms with Crippen molar-refractivity contribution in [2.75, 3.05) is 6.61 Å². The lowest BCUT2D eigenvalue weighted by Crippen LogP contribution is -2.34. The van der Waals surface area contributed by atoms with E-state index in [0.29, 0.717) is 6.61 Å². The Labute approximate surface area is 77.5 Å². The molecule has 1 saturated heterocycles. The van der Waals surface area contributed by atoms with E-state index in [1.165, 1.54) is 5.56 Å². The van der Waals surface area contributed by atoms with Gasteiger partial charge >= 0.3 is 0 Å². The molecule has 3 rings (SSSR count). The Morgan fingerprint density at radius 3 is 3.15 bits per heavy atom. The molecular weight excluding hydrogens is 164 g/mol. The largest absolute Gasteiger partial charge is 0.485 e. The van der Waals surface area contributed by atoms with Crippen LogP contribution in [-0.4, -0.2) is 12.2 Å². The van der Waals surface area contributed by atoms with Gasteiger partial charge in [-0.1, -0.05) is 18.2 Å². The zero-order valence-corrected chi connectivity index (χ0v) is 7.62. The maximum atomic E-state index is 5.89. The van der Waals surface area contributed by atoms with Crippen molar-refractivity contribution in [3.63, 3.8) is 0 Å². The molecule has 2 heterocycles. The van der Waals surface area contributed by atoms with Gasteiger partial charge in [-0.15, -0.1) is 0 Å². The molecule has 0 N–H and O–H groups in total. The number of benzene rings is 1. The van der Waals surface area contributed by atoms with Gasteiger partial charge in [-0.05, 0) is 13.0 Å². The first kappa shape index (κ1) is 7.39. The molecule has 0 aliphatic carbocycles. The second kappa shape index (κ2) is 2.26. The fourth-order valence-corrected chi connectivity index (χ4v) is 2.16. The molecule has 1 aromatic carbocycles. The van der Waals surface area contributed by atoms with Crippen molar-refractivity contribution in [1.82, 2.24) is 0 Å². The third-order valence-corrected chi connectivity index (χ3v) is 2.83. The average Bonchev–Trinajstić information content (AvgIpc) is 2.43. The van der Waals surface area contributed by atoms with Crippen molar-refractivity contribution < 1.29 is 9.47 Å². The minimum atomic E-state index is -0.0843. The molecule has 2 unspecified atom stereocenters. The molecule has 0 radical (unpaired) electrons. The van der Waals surface area contributed by atoms with Gasteiger partial charge in [0.05, 0.1) is 12.7 Å². The molecule has 1 fully saturated rings. The van der Waals surface area contributed by atoms with E-state index in [1.54, 1.807) is 0 Å². The van der Waals surface area contributed by atoms with Gasteiger partial charge in [-0.3, -0.25) is 0 Å². The molecule has 1 aromatic rings. The molecule has 2 aliphatic rings. The molecule has 2 aliphatic heterocycles. The Bertz CT molecular complexity index is 348. The maximum Gasteiger partial charge on any atom is 0.132 e. The van der Waals surface area contributed by atoms with Crippen molar-refractivity contribution in [2.45, 2.75) is 25.0 Å². The zero-order chi connectivity index (χ0) is 8.89. The van der Waals surface area contributed by atoms with Gasteiger partial charge in [-0.2, -0.15) is 0 Å². The van der Waals surface area contributed by atoms with Crippen molar-refractivity contribution in [3.8, 4) is 5.75 Å². The van der Waals surface area contributed by atoms with Crippen molar-refractivity contribution in [3.05, 3.63) is 29.8 Å². The second-order valence-corrected chi connectivity index (χ2v) is 4.09. The summed E-state index contributed by atoms with van der Waals surface area (Å²) in [5.74, 6) is 0.999. The average molecular weight is 176 g/mol. The van der Waals surface area contributed by atoms with Crippen LogP contribution in [-0.2, 0) is 4.74 Å². The highest BCUT2D eigenvalue weighted by atomic mass is 16.6. The third kappa shape index (κ3) is 0.985. The first-order chi connectivity index (χ1) is 6.27. The fraction of sp³-hybridized carbons (Fsp3) is 0.455. The molecule has 0 aromatic heterocycles. The van der Waals surface area contributed by atoms with Gasteiger partial charge in [0.15, 0.2) is 0 Å². The van der Waals surface area contributed by atoms with Crippen molar-refractivity contribution in [2.24, 2.45) is 0 Å². The van der Waals surface area contributed by atoms with Crippen LogP contribution in [0.4, 0.5) is 0 Å². The maximum absolute atomic E-state index is 5.89. The highest BCUT2D eigenvalue weighted by Crippen LogP contribution is 2.46. The fourth-order valence-electron chi connectivity index (χ4n) is 2.16. The lowest BCUT2D eigenvalue weighted by atomic mass is 9.94. The van der Waals surface area contributed by atoms with Crippen LogP contribution < -0.4 is 4.74 Å². The van der Waals surface area contributed by atoms with Gasteiger partial charge in [0.1, 0.15) is 11.4 Å². The van der Waals surface area contributed by atoms with E-state index in [-0.39, 0.29) is 11.7 Å². The van der Waals surface area contributed by atoms with Crippen LogP contribution in [0.1, 0.15) is 25.0 Å². The quantitative estimate of drug-likeness (QED) is 0.604. The topological polar surface area (TPSA) is 18.5 Å². The summed E-state index contributed by atoms with van der Waals surface area (Å²) in [6.45, 7) is 2.83.